The van der Waals surface area contributed by atoms with E-state index in [1.807, 2.05) is 30.5 Å². The molecule has 0 saturated heterocycles. The number of benzene rings is 1. The molecule has 1 amide bonds. The number of methoxy groups -OCH3 is 2. The molecule has 1 aliphatic carbocycles. The molecule has 5 heteroatoms. The average Bonchev–Trinajstić information content (AvgIpc) is 3.10. The Hall–Kier alpha value is -2.01. The number of carbonyl (C=O) groups is 1. The zero-order valence-electron chi connectivity index (χ0n) is 17.7. The van der Waals surface area contributed by atoms with E-state index in [1.54, 1.807) is 25.6 Å². The van der Waals surface area contributed by atoms with Gasteiger partial charge in [-0.2, -0.15) is 0 Å². The van der Waals surface area contributed by atoms with Gasteiger partial charge in [-0.15, -0.1) is 11.3 Å². The minimum atomic E-state index is -0.117. The minimum absolute atomic E-state index is 0.00833. The molecule has 4 nitrogen and oxygen atoms in total. The van der Waals surface area contributed by atoms with Gasteiger partial charge in [-0.3, -0.25) is 4.79 Å². The van der Waals surface area contributed by atoms with E-state index >= 15 is 0 Å². The molecular formula is C23H31NO3S. The van der Waals surface area contributed by atoms with Crippen molar-refractivity contribution < 1.29 is 14.3 Å². The van der Waals surface area contributed by atoms with Crippen LogP contribution >= 0.6 is 11.3 Å². The van der Waals surface area contributed by atoms with Crippen LogP contribution in [0.15, 0.2) is 23.6 Å². The van der Waals surface area contributed by atoms with Gasteiger partial charge in [0.2, 0.25) is 0 Å². The summed E-state index contributed by atoms with van der Waals surface area (Å²) in [5.74, 6) is 2.04. The molecule has 0 bridgehead atoms. The predicted octanol–water partition coefficient (Wildman–Crippen LogP) is 5.41. The molecule has 0 aliphatic heterocycles. The molecular weight excluding hydrogens is 370 g/mol. The van der Waals surface area contributed by atoms with E-state index < -0.39 is 0 Å². The second-order valence-corrected chi connectivity index (χ2v) is 9.63. The van der Waals surface area contributed by atoms with Crippen LogP contribution in [0.3, 0.4) is 0 Å². The first kappa shape index (κ1) is 20.7. The first-order valence-electron chi connectivity index (χ1n) is 9.86. The molecule has 1 aromatic carbocycles. The van der Waals surface area contributed by atoms with Crippen molar-refractivity contribution in [1.29, 1.82) is 0 Å². The van der Waals surface area contributed by atoms with Gasteiger partial charge in [-0.25, -0.2) is 0 Å². The Kier molecular flexibility index (Phi) is 6.04. The van der Waals surface area contributed by atoms with Gasteiger partial charge in [-0.1, -0.05) is 26.8 Å². The number of fused-ring (bicyclic) bond motifs is 1. The van der Waals surface area contributed by atoms with Crippen molar-refractivity contribution in [3.8, 4) is 11.5 Å². The molecule has 0 radical (unpaired) electrons. The van der Waals surface area contributed by atoms with Crippen LogP contribution in [-0.4, -0.2) is 20.1 Å². The summed E-state index contributed by atoms with van der Waals surface area (Å²) < 4.78 is 10.7. The maximum absolute atomic E-state index is 13.0. The summed E-state index contributed by atoms with van der Waals surface area (Å²) >= 11 is 1.74. The Bertz CT molecular complexity index is 850. The molecule has 3 rings (SSSR count). The van der Waals surface area contributed by atoms with Crippen molar-refractivity contribution in [3.05, 3.63) is 45.1 Å². The average molecular weight is 402 g/mol. The van der Waals surface area contributed by atoms with Gasteiger partial charge in [0.05, 0.1) is 25.8 Å². The van der Waals surface area contributed by atoms with Gasteiger partial charge in [-0.05, 0) is 60.8 Å². The van der Waals surface area contributed by atoms with Crippen molar-refractivity contribution in [2.24, 2.45) is 11.3 Å². The lowest BCUT2D eigenvalue weighted by Crippen LogP contribution is -2.29. The van der Waals surface area contributed by atoms with Crippen LogP contribution in [0.4, 0.5) is 0 Å². The van der Waals surface area contributed by atoms with Crippen LogP contribution in [0.2, 0.25) is 0 Å². The highest BCUT2D eigenvalue weighted by Gasteiger charge is 2.31. The van der Waals surface area contributed by atoms with Crippen LogP contribution in [0, 0.1) is 11.3 Å². The summed E-state index contributed by atoms with van der Waals surface area (Å²) in [5, 5.41) is 5.18. The highest BCUT2D eigenvalue weighted by Crippen LogP contribution is 2.40. The van der Waals surface area contributed by atoms with Crippen molar-refractivity contribution in [2.75, 3.05) is 14.2 Å². The molecule has 0 fully saturated rings. The molecule has 1 N–H and O–H groups in total. The maximum Gasteiger partial charge on any atom is 0.252 e. The van der Waals surface area contributed by atoms with Gasteiger partial charge in [0.25, 0.3) is 5.91 Å². The number of rotatable bonds is 5. The first-order chi connectivity index (χ1) is 13.2. The lowest BCUT2D eigenvalue weighted by molar-refractivity contribution is 0.0938. The second-order valence-electron chi connectivity index (χ2n) is 8.67. The van der Waals surface area contributed by atoms with Crippen LogP contribution in [0.1, 0.15) is 66.5 Å². The molecule has 28 heavy (non-hydrogen) atoms. The van der Waals surface area contributed by atoms with E-state index in [4.69, 9.17) is 9.47 Å². The lowest BCUT2D eigenvalue weighted by atomic mass is 9.72. The van der Waals surface area contributed by atoms with Crippen molar-refractivity contribution in [3.63, 3.8) is 0 Å². The van der Waals surface area contributed by atoms with Crippen molar-refractivity contribution in [1.82, 2.24) is 5.32 Å². The summed E-state index contributed by atoms with van der Waals surface area (Å²) in [5.41, 5.74) is 3.40. The van der Waals surface area contributed by atoms with Gasteiger partial charge >= 0.3 is 0 Å². The Morgan fingerprint density at radius 1 is 1.21 bits per heavy atom. The smallest absolute Gasteiger partial charge is 0.252 e. The van der Waals surface area contributed by atoms with E-state index in [2.05, 4.69) is 26.1 Å². The fourth-order valence-corrected chi connectivity index (χ4v) is 5.08. The molecule has 0 saturated carbocycles. The number of carbonyl (C=O) groups excluding carboxylic acids is 1. The first-order valence-corrected chi connectivity index (χ1v) is 10.7. The second kappa shape index (κ2) is 8.16. The van der Waals surface area contributed by atoms with Crippen LogP contribution in [0.25, 0.3) is 0 Å². The van der Waals surface area contributed by atoms with Gasteiger partial charge in [0.15, 0.2) is 11.5 Å². The summed E-state index contributed by atoms with van der Waals surface area (Å²) in [6, 6.07) is 5.63. The molecule has 2 unspecified atom stereocenters. The Labute approximate surface area is 172 Å². The normalized spacial score (nSPS) is 17.6. The molecule has 1 heterocycles. The molecule has 2 atom stereocenters. The lowest BCUT2D eigenvalue weighted by Gasteiger charge is -2.34. The largest absolute Gasteiger partial charge is 0.493 e. The number of ether oxygens (including phenoxy) is 2. The number of thiophene rings is 1. The standard InChI is InChI=1S/C23H31NO3S/c1-14(15-7-10-19(26-5)20(11-15)27-6)24-22(25)18-13-28-21-12-16(23(2,3)4)8-9-17(18)21/h7,10-11,13-14,16H,8-9,12H2,1-6H3,(H,24,25). The number of hydrogen-bond donors (Lipinski definition) is 1. The Morgan fingerprint density at radius 3 is 2.57 bits per heavy atom. The van der Waals surface area contributed by atoms with Crippen molar-refractivity contribution in [2.45, 2.75) is 53.0 Å². The molecule has 152 valence electrons. The van der Waals surface area contributed by atoms with Crippen molar-refractivity contribution >= 4 is 17.2 Å². The third-order valence-electron chi connectivity index (χ3n) is 5.88. The quantitative estimate of drug-likeness (QED) is 0.729. The minimum Gasteiger partial charge on any atom is -0.493 e. The van der Waals surface area contributed by atoms with Gasteiger partial charge < -0.3 is 14.8 Å². The summed E-state index contributed by atoms with van der Waals surface area (Å²) in [6.07, 6.45) is 3.23. The topological polar surface area (TPSA) is 47.6 Å². The maximum atomic E-state index is 13.0. The van der Waals surface area contributed by atoms with Crippen LogP contribution in [0.5, 0.6) is 11.5 Å². The van der Waals surface area contributed by atoms with E-state index in [-0.39, 0.29) is 11.9 Å². The zero-order valence-corrected chi connectivity index (χ0v) is 18.5. The fourth-order valence-electron chi connectivity index (χ4n) is 3.92. The number of hydrogen-bond acceptors (Lipinski definition) is 4. The van der Waals surface area contributed by atoms with E-state index in [0.717, 1.165) is 30.4 Å². The van der Waals surface area contributed by atoms with E-state index in [9.17, 15) is 4.79 Å². The summed E-state index contributed by atoms with van der Waals surface area (Å²) in [7, 11) is 3.24. The fraction of sp³-hybridized carbons (Fsp3) is 0.522. The molecule has 1 aromatic heterocycles. The Balaban J connectivity index is 1.73. The third kappa shape index (κ3) is 4.19. The SMILES string of the molecule is COc1ccc(C(C)NC(=O)c2csc3c2CCC(C(C)(C)C)C3)cc1OC. The summed E-state index contributed by atoms with van der Waals surface area (Å²) in [6.45, 7) is 8.94. The van der Waals surface area contributed by atoms with Crippen LogP contribution in [-0.2, 0) is 12.8 Å². The summed E-state index contributed by atoms with van der Waals surface area (Å²) in [4.78, 5) is 14.3. The predicted molar refractivity (Wildman–Crippen MR) is 115 cm³/mol. The highest BCUT2D eigenvalue weighted by molar-refractivity contribution is 7.10. The zero-order chi connectivity index (χ0) is 20.5. The number of nitrogens with one attached hydrogen (secondary N) is 1. The monoisotopic (exact) mass is 401 g/mol. The third-order valence-corrected chi connectivity index (χ3v) is 6.93. The highest BCUT2D eigenvalue weighted by atomic mass is 32.1. The Morgan fingerprint density at radius 2 is 1.93 bits per heavy atom. The molecule has 1 aliphatic rings. The van der Waals surface area contributed by atoms with E-state index in [0.29, 0.717) is 22.8 Å². The van der Waals surface area contributed by atoms with Gasteiger partial charge in [0.1, 0.15) is 0 Å². The van der Waals surface area contributed by atoms with Gasteiger partial charge in [0, 0.05) is 10.3 Å². The molecule has 2 aromatic rings. The number of amides is 1. The van der Waals surface area contributed by atoms with Crippen LogP contribution < -0.4 is 14.8 Å². The van der Waals surface area contributed by atoms with E-state index in [1.165, 1.54) is 10.4 Å². The molecule has 0 spiro atoms.